The van der Waals surface area contributed by atoms with Gasteiger partial charge in [0, 0.05) is 5.54 Å². The molecule has 1 N–H and O–H groups in total. The summed E-state index contributed by atoms with van der Waals surface area (Å²) in [5.74, 6) is 0.670. The summed E-state index contributed by atoms with van der Waals surface area (Å²) >= 11 is 2.07. The minimum atomic E-state index is -3.55. The van der Waals surface area contributed by atoms with E-state index < -0.39 is 15.6 Å². The van der Waals surface area contributed by atoms with Crippen molar-refractivity contribution in [3.63, 3.8) is 0 Å². The van der Waals surface area contributed by atoms with Crippen molar-refractivity contribution in [2.75, 3.05) is 7.11 Å². The first kappa shape index (κ1) is 18.7. The average molecular weight is 425 g/mol. The molecule has 0 saturated carbocycles. The maximum absolute atomic E-state index is 12.5. The number of nitrogens with one attached hydrogen (secondary N) is 1. The zero-order chi connectivity index (χ0) is 16.5. The molecule has 0 aromatic heterocycles. The maximum Gasteiger partial charge on any atom is 0.241 e. The summed E-state index contributed by atoms with van der Waals surface area (Å²) in [7, 11) is -1.98. The van der Waals surface area contributed by atoms with Gasteiger partial charge in [-0.2, -0.15) is 0 Å². The van der Waals surface area contributed by atoms with Crippen LogP contribution in [0.1, 0.15) is 41.0 Å². The molecule has 1 rings (SSSR count). The Morgan fingerprint density at radius 1 is 1.19 bits per heavy atom. The Balaban J connectivity index is 3.04. The highest BCUT2D eigenvalue weighted by Crippen LogP contribution is 2.29. The summed E-state index contributed by atoms with van der Waals surface area (Å²) in [6.45, 7) is 10.1. The second-order valence-electron chi connectivity index (χ2n) is 7.02. The number of methoxy groups -OCH3 is 1. The first-order valence-electron chi connectivity index (χ1n) is 6.74. The van der Waals surface area contributed by atoms with E-state index in [2.05, 4.69) is 48.1 Å². The lowest BCUT2D eigenvalue weighted by Crippen LogP contribution is -2.45. The van der Waals surface area contributed by atoms with E-state index >= 15 is 0 Å². The lowest BCUT2D eigenvalue weighted by molar-refractivity contribution is 0.269. The van der Waals surface area contributed by atoms with Gasteiger partial charge in [-0.1, -0.05) is 20.8 Å². The van der Waals surface area contributed by atoms with Crippen molar-refractivity contribution in [3.8, 4) is 5.75 Å². The number of hydrogen-bond donors (Lipinski definition) is 1. The van der Waals surface area contributed by atoms with Crippen LogP contribution in [0, 0.1) is 8.99 Å². The van der Waals surface area contributed by atoms with Crippen LogP contribution in [-0.2, 0) is 10.0 Å². The Morgan fingerprint density at radius 2 is 1.76 bits per heavy atom. The van der Waals surface area contributed by atoms with Crippen LogP contribution in [-0.4, -0.2) is 21.1 Å². The first-order chi connectivity index (χ1) is 9.36. The van der Waals surface area contributed by atoms with Crippen molar-refractivity contribution in [1.29, 1.82) is 0 Å². The minimum Gasteiger partial charge on any atom is -0.496 e. The fourth-order valence-electron chi connectivity index (χ4n) is 2.60. The van der Waals surface area contributed by atoms with Crippen LogP contribution in [0.2, 0.25) is 0 Å². The van der Waals surface area contributed by atoms with E-state index in [9.17, 15) is 8.42 Å². The third kappa shape index (κ3) is 5.75. The molecule has 0 atom stereocenters. The van der Waals surface area contributed by atoms with Crippen LogP contribution < -0.4 is 9.46 Å². The predicted octanol–water partition coefficient (Wildman–Crippen LogP) is 3.79. The Hall–Kier alpha value is -0.340. The van der Waals surface area contributed by atoms with Gasteiger partial charge < -0.3 is 4.74 Å². The van der Waals surface area contributed by atoms with E-state index in [4.69, 9.17) is 4.74 Å². The summed E-state index contributed by atoms with van der Waals surface area (Å²) in [6, 6.07) is 4.86. The molecule has 1 aromatic carbocycles. The molecule has 0 amide bonds. The molecule has 0 aliphatic heterocycles. The first-order valence-corrected chi connectivity index (χ1v) is 9.30. The molecule has 1 aromatic rings. The molecule has 0 unspecified atom stereocenters. The van der Waals surface area contributed by atoms with Gasteiger partial charge in [0.1, 0.15) is 5.75 Å². The van der Waals surface area contributed by atoms with E-state index in [1.165, 1.54) is 0 Å². The molecule has 0 fully saturated rings. The summed E-state index contributed by atoms with van der Waals surface area (Å²) < 4.78 is 33.8. The fourth-order valence-corrected chi connectivity index (χ4v) is 4.98. The smallest absolute Gasteiger partial charge is 0.241 e. The Bertz CT molecular complexity index is 604. The molecule has 0 saturated heterocycles. The van der Waals surface area contributed by atoms with Gasteiger partial charge >= 0.3 is 0 Å². The number of rotatable bonds is 5. The number of benzene rings is 1. The minimum absolute atomic E-state index is 0.0420. The second-order valence-corrected chi connectivity index (χ2v) is 9.87. The van der Waals surface area contributed by atoms with Gasteiger partial charge in [-0.3, -0.25) is 0 Å². The van der Waals surface area contributed by atoms with Gasteiger partial charge in [0.2, 0.25) is 10.0 Å². The van der Waals surface area contributed by atoms with Gasteiger partial charge in [0.25, 0.3) is 0 Å². The highest BCUT2D eigenvalue weighted by molar-refractivity contribution is 14.1. The van der Waals surface area contributed by atoms with Crippen molar-refractivity contribution in [3.05, 3.63) is 21.8 Å². The van der Waals surface area contributed by atoms with Crippen molar-refractivity contribution in [1.82, 2.24) is 4.72 Å². The summed E-state index contributed by atoms with van der Waals surface area (Å²) in [4.78, 5) is 0.259. The van der Waals surface area contributed by atoms with E-state index in [1.807, 2.05) is 13.8 Å². The van der Waals surface area contributed by atoms with E-state index in [0.717, 1.165) is 9.99 Å². The lowest BCUT2D eigenvalue weighted by atomic mass is 9.82. The van der Waals surface area contributed by atoms with Crippen molar-refractivity contribution >= 4 is 32.6 Å². The third-order valence-electron chi connectivity index (χ3n) is 2.82. The van der Waals surface area contributed by atoms with Gasteiger partial charge in [0.05, 0.1) is 15.6 Å². The van der Waals surface area contributed by atoms with Crippen LogP contribution in [0.3, 0.4) is 0 Å². The van der Waals surface area contributed by atoms with Crippen LogP contribution in [0.4, 0.5) is 0 Å². The van der Waals surface area contributed by atoms with Gasteiger partial charge in [0.15, 0.2) is 0 Å². The number of sulfonamides is 1. The largest absolute Gasteiger partial charge is 0.496 e. The number of hydrogen-bond acceptors (Lipinski definition) is 3. The van der Waals surface area contributed by atoms with E-state index in [0.29, 0.717) is 5.75 Å². The Morgan fingerprint density at radius 3 is 2.19 bits per heavy atom. The molecule has 0 bridgehead atoms. The SMILES string of the molecule is COc1ccc(S(=O)(=O)NC(C)(C)CC(C)(C)C)cc1I. The normalized spacial score (nSPS) is 13.3. The zero-order valence-electron chi connectivity index (χ0n) is 13.5. The zero-order valence-corrected chi connectivity index (χ0v) is 16.4. The number of ether oxygens (including phenoxy) is 1. The highest BCUT2D eigenvalue weighted by Gasteiger charge is 2.30. The van der Waals surface area contributed by atoms with Crippen molar-refractivity contribution in [2.45, 2.75) is 51.5 Å². The summed E-state index contributed by atoms with van der Waals surface area (Å²) in [5, 5.41) is 0. The van der Waals surface area contributed by atoms with Gasteiger partial charge in [-0.05, 0) is 66.5 Å². The molecular weight excluding hydrogens is 401 g/mol. The number of halogens is 1. The molecule has 0 aliphatic rings. The average Bonchev–Trinajstić information content (AvgIpc) is 2.23. The lowest BCUT2D eigenvalue weighted by Gasteiger charge is -2.33. The second kappa shape index (κ2) is 6.42. The molecule has 0 radical (unpaired) electrons. The highest BCUT2D eigenvalue weighted by atomic mass is 127. The molecule has 4 nitrogen and oxygen atoms in total. The molecule has 0 heterocycles. The monoisotopic (exact) mass is 425 g/mol. The van der Waals surface area contributed by atoms with Crippen LogP contribution in [0.25, 0.3) is 0 Å². The van der Waals surface area contributed by atoms with Crippen LogP contribution in [0.15, 0.2) is 23.1 Å². The fraction of sp³-hybridized carbons (Fsp3) is 0.600. The molecule has 120 valence electrons. The van der Waals surface area contributed by atoms with Crippen LogP contribution >= 0.6 is 22.6 Å². The Kier molecular flexibility index (Phi) is 5.72. The molecular formula is C15H24INO3S. The molecule has 0 spiro atoms. The van der Waals surface area contributed by atoms with Gasteiger partial charge in [-0.15, -0.1) is 0 Å². The quantitative estimate of drug-likeness (QED) is 0.731. The topological polar surface area (TPSA) is 55.4 Å². The maximum atomic E-state index is 12.5. The van der Waals surface area contributed by atoms with Gasteiger partial charge in [-0.25, -0.2) is 13.1 Å². The van der Waals surface area contributed by atoms with Crippen molar-refractivity contribution < 1.29 is 13.2 Å². The molecule has 6 heteroatoms. The molecule has 21 heavy (non-hydrogen) atoms. The molecule has 0 aliphatic carbocycles. The Labute approximate surface area is 141 Å². The summed E-state index contributed by atoms with van der Waals surface area (Å²) in [6.07, 6.45) is 0.743. The third-order valence-corrected chi connectivity index (χ3v) is 5.36. The van der Waals surface area contributed by atoms with E-state index in [-0.39, 0.29) is 10.3 Å². The van der Waals surface area contributed by atoms with Crippen molar-refractivity contribution in [2.24, 2.45) is 5.41 Å². The predicted molar refractivity (Wildman–Crippen MR) is 94.2 cm³/mol. The summed E-state index contributed by atoms with van der Waals surface area (Å²) in [5.41, 5.74) is -0.469. The standard InChI is InChI=1S/C15H24INO3S/c1-14(2,3)10-15(4,5)17-21(18,19)11-7-8-13(20-6)12(16)9-11/h7-9,17H,10H2,1-6H3. The van der Waals surface area contributed by atoms with Crippen LogP contribution in [0.5, 0.6) is 5.75 Å². The van der Waals surface area contributed by atoms with E-state index in [1.54, 1.807) is 25.3 Å².